The van der Waals surface area contributed by atoms with Crippen LogP contribution in [-0.4, -0.2) is 61.8 Å². The lowest BCUT2D eigenvalue weighted by Gasteiger charge is -2.27. The second kappa shape index (κ2) is 10.5. The maximum absolute atomic E-state index is 13.8. The molecule has 5 rings (SSSR count). The summed E-state index contributed by atoms with van der Waals surface area (Å²) in [5.41, 5.74) is 1.49. The van der Waals surface area contributed by atoms with Crippen LogP contribution in [-0.2, 0) is 4.74 Å². The van der Waals surface area contributed by atoms with Crippen LogP contribution in [0.4, 0.5) is 5.13 Å². The highest BCUT2D eigenvalue weighted by molar-refractivity contribution is 7.22. The Labute approximate surface area is 203 Å². The molecule has 0 spiro atoms. The molecule has 0 radical (unpaired) electrons. The molecular formula is C27H29N3O3S. The van der Waals surface area contributed by atoms with Gasteiger partial charge in [0, 0.05) is 31.7 Å². The minimum atomic E-state index is -0.0234. The van der Waals surface area contributed by atoms with E-state index in [0.29, 0.717) is 23.8 Å². The van der Waals surface area contributed by atoms with Gasteiger partial charge in [-0.3, -0.25) is 14.6 Å². The monoisotopic (exact) mass is 475 g/mol. The summed E-state index contributed by atoms with van der Waals surface area (Å²) < 4.78 is 12.3. The molecule has 3 aromatic carbocycles. The molecule has 1 aliphatic rings. The van der Waals surface area contributed by atoms with E-state index in [1.807, 2.05) is 66.4 Å². The normalized spacial score (nSPS) is 14.5. The molecule has 1 amide bonds. The van der Waals surface area contributed by atoms with E-state index in [-0.39, 0.29) is 5.91 Å². The van der Waals surface area contributed by atoms with E-state index >= 15 is 0 Å². The largest absolute Gasteiger partial charge is 0.492 e. The standard InChI is InChI=1S/C27H29N3O3S/c1-2-33-23-9-5-10-24-25(23)28-27(34-24)30(14-6-13-29-15-17-32-18-16-29)26(31)22-12-11-20-7-3-4-8-21(20)19-22/h3-5,7-12,19H,2,6,13-18H2,1H3. The molecular weight excluding hydrogens is 446 g/mol. The van der Waals surface area contributed by atoms with Crippen molar-refractivity contribution in [3.63, 3.8) is 0 Å². The maximum atomic E-state index is 13.8. The second-order valence-electron chi connectivity index (χ2n) is 8.36. The first-order chi connectivity index (χ1) is 16.7. The van der Waals surface area contributed by atoms with E-state index in [4.69, 9.17) is 14.5 Å². The van der Waals surface area contributed by atoms with Crippen molar-refractivity contribution in [3.05, 3.63) is 66.2 Å². The number of carbonyl (C=O) groups excluding carboxylic acids is 1. The van der Waals surface area contributed by atoms with Crippen LogP contribution in [0.25, 0.3) is 21.0 Å². The van der Waals surface area contributed by atoms with Crippen molar-refractivity contribution < 1.29 is 14.3 Å². The van der Waals surface area contributed by atoms with Crippen molar-refractivity contribution in [2.24, 2.45) is 0 Å². The highest BCUT2D eigenvalue weighted by Gasteiger charge is 2.23. The van der Waals surface area contributed by atoms with Crippen LogP contribution in [0.1, 0.15) is 23.7 Å². The van der Waals surface area contributed by atoms with Crippen LogP contribution in [0.5, 0.6) is 5.75 Å². The summed E-state index contributed by atoms with van der Waals surface area (Å²) in [5, 5.41) is 2.89. The van der Waals surface area contributed by atoms with Crippen LogP contribution < -0.4 is 9.64 Å². The van der Waals surface area contributed by atoms with Crippen molar-refractivity contribution >= 4 is 43.4 Å². The third kappa shape index (κ3) is 4.92. The first-order valence-electron chi connectivity index (χ1n) is 11.9. The fourth-order valence-electron chi connectivity index (χ4n) is 4.34. The van der Waals surface area contributed by atoms with Crippen molar-refractivity contribution in [2.45, 2.75) is 13.3 Å². The molecule has 1 fully saturated rings. The molecule has 0 atom stereocenters. The second-order valence-corrected chi connectivity index (χ2v) is 9.37. The number of para-hydroxylation sites is 1. The molecule has 6 nitrogen and oxygen atoms in total. The third-order valence-corrected chi connectivity index (χ3v) is 7.15. The summed E-state index contributed by atoms with van der Waals surface area (Å²) in [4.78, 5) is 22.9. The minimum Gasteiger partial charge on any atom is -0.492 e. The van der Waals surface area contributed by atoms with Gasteiger partial charge in [0.25, 0.3) is 5.91 Å². The van der Waals surface area contributed by atoms with Gasteiger partial charge in [-0.05, 0) is 48.4 Å². The van der Waals surface area contributed by atoms with Crippen molar-refractivity contribution in [1.29, 1.82) is 0 Å². The van der Waals surface area contributed by atoms with Crippen molar-refractivity contribution in [1.82, 2.24) is 9.88 Å². The van der Waals surface area contributed by atoms with Gasteiger partial charge in [-0.1, -0.05) is 47.7 Å². The number of carbonyl (C=O) groups is 1. The maximum Gasteiger partial charge on any atom is 0.260 e. The van der Waals surface area contributed by atoms with E-state index < -0.39 is 0 Å². The summed E-state index contributed by atoms with van der Waals surface area (Å²) in [6.07, 6.45) is 0.869. The molecule has 0 unspecified atom stereocenters. The first-order valence-corrected chi connectivity index (χ1v) is 12.7. The number of ether oxygens (including phenoxy) is 2. The van der Waals surface area contributed by atoms with E-state index in [9.17, 15) is 4.79 Å². The molecule has 1 saturated heterocycles. The van der Waals surface area contributed by atoms with Crippen LogP contribution in [0.15, 0.2) is 60.7 Å². The highest BCUT2D eigenvalue weighted by atomic mass is 32.1. The summed E-state index contributed by atoms with van der Waals surface area (Å²) in [7, 11) is 0. The molecule has 2 heterocycles. The van der Waals surface area contributed by atoms with Crippen LogP contribution in [0.3, 0.4) is 0 Å². The summed E-state index contributed by atoms with van der Waals surface area (Å²) in [5.74, 6) is 0.735. The zero-order valence-electron chi connectivity index (χ0n) is 19.4. The third-order valence-electron chi connectivity index (χ3n) is 6.10. The van der Waals surface area contributed by atoms with Gasteiger partial charge in [-0.2, -0.15) is 0 Å². The number of fused-ring (bicyclic) bond motifs is 2. The molecule has 4 aromatic rings. The van der Waals surface area contributed by atoms with E-state index in [1.54, 1.807) is 0 Å². The van der Waals surface area contributed by atoms with Gasteiger partial charge in [0.15, 0.2) is 5.13 Å². The van der Waals surface area contributed by atoms with Gasteiger partial charge in [0.05, 0.1) is 24.5 Å². The fourth-order valence-corrected chi connectivity index (χ4v) is 5.35. The Morgan fingerprint density at radius 3 is 2.74 bits per heavy atom. The van der Waals surface area contributed by atoms with Gasteiger partial charge < -0.3 is 9.47 Å². The quantitative estimate of drug-likeness (QED) is 0.350. The van der Waals surface area contributed by atoms with Gasteiger partial charge >= 0.3 is 0 Å². The molecule has 0 saturated carbocycles. The summed E-state index contributed by atoms with van der Waals surface area (Å²) in [6.45, 7) is 7.51. The number of anilines is 1. The van der Waals surface area contributed by atoms with Crippen molar-refractivity contribution in [2.75, 3.05) is 50.9 Å². The predicted molar refractivity (Wildman–Crippen MR) is 138 cm³/mol. The molecule has 7 heteroatoms. The average molecular weight is 476 g/mol. The van der Waals surface area contributed by atoms with E-state index in [1.165, 1.54) is 11.3 Å². The number of rotatable bonds is 8. The number of thiazole rings is 1. The van der Waals surface area contributed by atoms with Crippen LogP contribution in [0, 0.1) is 0 Å². The highest BCUT2D eigenvalue weighted by Crippen LogP contribution is 2.35. The molecule has 1 aliphatic heterocycles. The number of amides is 1. The average Bonchev–Trinajstić information content (AvgIpc) is 3.32. The van der Waals surface area contributed by atoms with E-state index in [2.05, 4.69) is 11.0 Å². The lowest BCUT2D eigenvalue weighted by atomic mass is 10.1. The van der Waals surface area contributed by atoms with Crippen LogP contribution in [0.2, 0.25) is 0 Å². The Morgan fingerprint density at radius 1 is 1.09 bits per heavy atom. The molecule has 1 aromatic heterocycles. The summed E-state index contributed by atoms with van der Waals surface area (Å²) >= 11 is 1.54. The van der Waals surface area contributed by atoms with Crippen molar-refractivity contribution in [3.8, 4) is 5.75 Å². The van der Waals surface area contributed by atoms with Crippen LogP contribution >= 0.6 is 11.3 Å². The first kappa shape index (κ1) is 22.8. The zero-order valence-corrected chi connectivity index (χ0v) is 20.2. The lowest BCUT2D eigenvalue weighted by Crippen LogP contribution is -2.39. The summed E-state index contributed by atoms with van der Waals surface area (Å²) in [6, 6.07) is 20.0. The topological polar surface area (TPSA) is 54.9 Å². The molecule has 176 valence electrons. The van der Waals surface area contributed by atoms with Gasteiger partial charge in [0.1, 0.15) is 11.3 Å². The number of hydrogen-bond acceptors (Lipinski definition) is 6. The molecule has 0 bridgehead atoms. The number of nitrogens with zero attached hydrogens (tertiary/aromatic N) is 3. The Hall–Kier alpha value is -3.00. The fraction of sp³-hybridized carbons (Fsp3) is 0.333. The Kier molecular flexibility index (Phi) is 7.04. The number of benzene rings is 3. The lowest BCUT2D eigenvalue weighted by molar-refractivity contribution is 0.0376. The smallest absolute Gasteiger partial charge is 0.260 e. The number of aromatic nitrogens is 1. The number of morpholine rings is 1. The SMILES string of the molecule is CCOc1cccc2sc(N(CCCN3CCOCC3)C(=O)c3ccc4ccccc4c3)nc12. The molecule has 34 heavy (non-hydrogen) atoms. The Morgan fingerprint density at radius 2 is 1.91 bits per heavy atom. The molecule has 0 aliphatic carbocycles. The minimum absolute atomic E-state index is 0.0234. The van der Waals surface area contributed by atoms with Gasteiger partial charge in [0.2, 0.25) is 0 Å². The zero-order chi connectivity index (χ0) is 23.3. The Bertz CT molecular complexity index is 1280. The van der Waals surface area contributed by atoms with E-state index in [0.717, 1.165) is 66.0 Å². The van der Waals surface area contributed by atoms with Gasteiger partial charge in [-0.25, -0.2) is 4.98 Å². The predicted octanol–water partition coefficient (Wildman–Crippen LogP) is 5.22. The Balaban J connectivity index is 1.45. The van der Waals surface area contributed by atoms with Gasteiger partial charge in [-0.15, -0.1) is 0 Å². The molecule has 0 N–H and O–H groups in total. The number of hydrogen-bond donors (Lipinski definition) is 0.